The quantitative estimate of drug-likeness (QED) is 0.792. The van der Waals surface area contributed by atoms with E-state index < -0.39 is 0 Å². The first-order valence-electron chi connectivity index (χ1n) is 10.3. The summed E-state index contributed by atoms with van der Waals surface area (Å²) >= 11 is 0. The van der Waals surface area contributed by atoms with Gasteiger partial charge in [0.1, 0.15) is 0 Å². The Morgan fingerprint density at radius 2 is 1.93 bits per heavy atom. The fourth-order valence-electron chi connectivity index (χ4n) is 4.96. The van der Waals surface area contributed by atoms with Gasteiger partial charge in [-0.1, -0.05) is 13.3 Å². The zero-order chi connectivity index (χ0) is 19.0. The Labute approximate surface area is 162 Å². The molecule has 0 aromatic heterocycles. The van der Waals surface area contributed by atoms with Gasteiger partial charge < -0.3 is 19.1 Å². The molecule has 4 rings (SSSR count). The number of carbonyl (C=O) groups excluding carboxylic acids is 1. The summed E-state index contributed by atoms with van der Waals surface area (Å²) < 4.78 is 17.3. The SMILES string of the molecule is CCC[C@H]1C[C@H]1C(=O)N1CCC2(CC1)OCCc1cc(OC)c(OC)cc12. The summed E-state index contributed by atoms with van der Waals surface area (Å²) in [6.07, 6.45) is 6.05. The van der Waals surface area contributed by atoms with Crippen molar-refractivity contribution in [2.45, 2.75) is 51.0 Å². The molecule has 2 heterocycles. The third kappa shape index (κ3) is 3.31. The van der Waals surface area contributed by atoms with Crippen LogP contribution in [0.15, 0.2) is 12.1 Å². The molecule has 0 bridgehead atoms. The van der Waals surface area contributed by atoms with Crippen LogP contribution in [0.25, 0.3) is 0 Å². The van der Waals surface area contributed by atoms with Crippen LogP contribution in [0.2, 0.25) is 0 Å². The summed E-state index contributed by atoms with van der Waals surface area (Å²) in [5.41, 5.74) is 2.20. The molecule has 0 radical (unpaired) electrons. The lowest BCUT2D eigenvalue weighted by atomic mass is 9.79. The van der Waals surface area contributed by atoms with E-state index in [1.54, 1.807) is 14.2 Å². The molecule has 5 nitrogen and oxygen atoms in total. The molecule has 148 valence electrons. The summed E-state index contributed by atoms with van der Waals surface area (Å²) in [6.45, 7) is 4.48. The average molecular weight is 373 g/mol. The molecule has 3 aliphatic rings. The molecule has 27 heavy (non-hydrogen) atoms. The van der Waals surface area contributed by atoms with Gasteiger partial charge in [0.15, 0.2) is 11.5 Å². The number of hydrogen-bond acceptors (Lipinski definition) is 4. The fourth-order valence-corrected chi connectivity index (χ4v) is 4.96. The minimum Gasteiger partial charge on any atom is -0.493 e. The second-order valence-electron chi connectivity index (χ2n) is 8.17. The second kappa shape index (κ2) is 7.34. The van der Waals surface area contributed by atoms with Crippen LogP contribution in [0.5, 0.6) is 11.5 Å². The Bertz CT molecular complexity index is 709. The number of piperidine rings is 1. The number of rotatable bonds is 5. The first kappa shape index (κ1) is 18.6. The molecule has 1 aromatic rings. The maximum atomic E-state index is 12.8. The van der Waals surface area contributed by atoms with Gasteiger partial charge in [-0.05, 0) is 61.3 Å². The summed E-state index contributed by atoms with van der Waals surface area (Å²) in [5.74, 6) is 2.80. The standard InChI is InChI=1S/C22H31NO4/c1-4-5-15-12-17(15)21(24)23-9-7-22(8-10-23)18-14-20(26-3)19(25-2)13-16(18)6-11-27-22/h13-15,17H,4-12H2,1-3H3/t15-,17+/m0/s1. The number of nitrogens with zero attached hydrogens (tertiary/aromatic N) is 1. The van der Waals surface area contributed by atoms with E-state index in [1.807, 2.05) is 0 Å². The summed E-state index contributed by atoms with van der Waals surface area (Å²) in [4.78, 5) is 14.9. The Balaban J connectivity index is 1.50. The highest BCUT2D eigenvalue weighted by atomic mass is 16.5. The monoisotopic (exact) mass is 373 g/mol. The number of fused-ring (bicyclic) bond motifs is 2. The second-order valence-corrected chi connectivity index (χ2v) is 8.17. The highest BCUT2D eigenvalue weighted by Crippen LogP contribution is 2.47. The van der Waals surface area contributed by atoms with Crippen molar-refractivity contribution in [2.24, 2.45) is 11.8 Å². The van der Waals surface area contributed by atoms with Crippen LogP contribution in [-0.2, 0) is 21.6 Å². The molecule has 1 aliphatic carbocycles. The topological polar surface area (TPSA) is 48.0 Å². The van der Waals surface area contributed by atoms with E-state index in [2.05, 4.69) is 24.0 Å². The normalized spacial score (nSPS) is 25.8. The number of benzene rings is 1. The zero-order valence-corrected chi connectivity index (χ0v) is 16.8. The molecule has 5 heteroatoms. The van der Waals surface area contributed by atoms with Crippen LogP contribution in [0.1, 0.15) is 50.2 Å². The lowest BCUT2D eigenvalue weighted by molar-refractivity contribution is -0.142. The first-order valence-corrected chi connectivity index (χ1v) is 10.3. The molecule has 0 unspecified atom stereocenters. The lowest BCUT2D eigenvalue weighted by Crippen LogP contribution is -2.48. The molecule has 1 amide bonds. The van der Waals surface area contributed by atoms with Gasteiger partial charge in [-0.2, -0.15) is 0 Å². The summed E-state index contributed by atoms with van der Waals surface area (Å²) in [7, 11) is 3.34. The largest absolute Gasteiger partial charge is 0.493 e. The van der Waals surface area contributed by atoms with E-state index >= 15 is 0 Å². The number of ether oxygens (including phenoxy) is 3. The van der Waals surface area contributed by atoms with Crippen LogP contribution in [0.4, 0.5) is 0 Å². The van der Waals surface area contributed by atoms with Gasteiger partial charge in [0, 0.05) is 19.0 Å². The van der Waals surface area contributed by atoms with Gasteiger partial charge in [0.2, 0.25) is 5.91 Å². The molecule has 0 N–H and O–H groups in total. The third-order valence-corrected chi connectivity index (χ3v) is 6.63. The van der Waals surface area contributed by atoms with E-state index in [0.717, 1.165) is 56.9 Å². The molecular formula is C22H31NO4. The predicted molar refractivity (Wildman–Crippen MR) is 103 cm³/mol. The zero-order valence-electron chi connectivity index (χ0n) is 16.8. The number of amides is 1. The molecular weight excluding hydrogens is 342 g/mol. The van der Waals surface area contributed by atoms with Gasteiger partial charge in [-0.25, -0.2) is 0 Å². The first-order chi connectivity index (χ1) is 13.1. The molecule has 1 saturated heterocycles. The minimum atomic E-state index is -0.295. The lowest BCUT2D eigenvalue weighted by Gasteiger charge is -2.45. The highest BCUT2D eigenvalue weighted by molar-refractivity contribution is 5.81. The van der Waals surface area contributed by atoms with Crippen LogP contribution in [0, 0.1) is 11.8 Å². The smallest absolute Gasteiger partial charge is 0.225 e. The van der Waals surface area contributed by atoms with Crippen molar-refractivity contribution in [3.63, 3.8) is 0 Å². The maximum absolute atomic E-state index is 12.8. The van der Waals surface area contributed by atoms with Gasteiger partial charge in [-0.15, -0.1) is 0 Å². The Kier molecular flexibility index (Phi) is 5.06. The van der Waals surface area contributed by atoms with Gasteiger partial charge in [0.05, 0.1) is 26.4 Å². The van der Waals surface area contributed by atoms with Crippen molar-refractivity contribution >= 4 is 5.91 Å². The fraction of sp³-hybridized carbons (Fsp3) is 0.682. The molecule has 2 aliphatic heterocycles. The number of methoxy groups -OCH3 is 2. The molecule has 1 aromatic carbocycles. The highest BCUT2D eigenvalue weighted by Gasteiger charge is 2.47. The van der Waals surface area contributed by atoms with Gasteiger partial charge in [0.25, 0.3) is 0 Å². The van der Waals surface area contributed by atoms with Gasteiger partial charge >= 0.3 is 0 Å². The molecule has 1 spiro atoms. The Hall–Kier alpha value is -1.75. The van der Waals surface area contributed by atoms with E-state index in [1.165, 1.54) is 24.0 Å². The molecule has 1 saturated carbocycles. The van der Waals surface area contributed by atoms with E-state index in [-0.39, 0.29) is 11.5 Å². The minimum absolute atomic E-state index is 0.280. The van der Waals surface area contributed by atoms with E-state index in [9.17, 15) is 4.79 Å². The van der Waals surface area contributed by atoms with Crippen molar-refractivity contribution in [3.05, 3.63) is 23.3 Å². The Morgan fingerprint density at radius 1 is 1.22 bits per heavy atom. The van der Waals surface area contributed by atoms with Crippen molar-refractivity contribution < 1.29 is 19.0 Å². The van der Waals surface area contributed by atoms with Crippen LogP contribution in [-0.4, -0.2) is 44.7 Å². The van der Waals surface area contributed by atoms with Crippen molar-refractivity contribution in [1.29, 1.82) is 0 Å². The van der Waals surface area contributed by atoms with Crippen LogP contribution in [0.3, 0.4) is 0 Å². The van der Waals surface area contributed by atoms with Gasteiger partial charge in [-0.3, -0.25) is 4.79 Å². The summed E-state index contributed by atoms with van der Waals surface area (Å²) in [5, 5.41) is 0. The van der Waals surface area contributed by atoms with E-state index in [0.29, 0.717) is 11.8 Å². The number of likely N-dealkylation sites (tertiary alicyclic amines) is 1. The molecule has 2 fully saturated rings. The number of hydrogen-bond donors (Lipinski definition) is 0. The van der Waals surface area contributed by atoms with Crippen molar-refractivity contribution in [3.8, 4) is 11.5 Å². The Morgan fingerprint density at radius 3 is 2.59 bits per heavy atom. The third-order valence-electron chi connectivity index (χ3n) is 6.63. The predicted octanol–water partition coefficient (Wildman–Crippen LogP) is 3.53. The van der Waals surface area contributed by atoms with Crippen LogP contribution >= 0.6 is 0 Å². The average Bonchev–Trinajstić information content (AvgIpc) is 3.47. The molecule has 2 atom stereocenters. The number of carbonyl (C=O) groups is 1. The van der Waals surface area contributed by atoms with E-state index in [4.69, 9.17) is 14.2 Å². The maximum Gasteiger partial charge on any atom is 0.225 e. The van der Waals surface area contributed by atoms with Crippen molar-refractivity contribution in [2.75, 3.05) is 33.9 Å². The summed E-state index contributed by atoms with van der Waals surface area (Å²) in [6, 6.07) is 4.18. The van der Waals surface area contributed by atoms with Crippen LogP contribution < -0.4 is 9.47 Å². The van der Waals surface area contributed by atoms with Crippen molar-refractivity contribution in [1.82, 2.24) is 4.90 Å².